The van der Waals surface area contributed by atoms with Crippen LogP contribution in [0.5, 0.6) is 0 Å². The van der Waals surface area contributed by atoms with Gasteiger partial charge >= 0.3 is 0 Å². The second kappa shape index (κ2) is 11.3. The minimum absolute atomic E-state index is 0.00598. The number of nitro benzene ring substituents is 4. The highest BCUT2D eigenvalue weighted by molar-refractivity contribution is 6.06. The quantitative estimate of drug-likeness (QED) is 0.182. The van der Waals surface area contributed by atoms with Crippen molar-refractivity contribution in [3.05, 3.63) is 85.0 Å². The van der Waals surface area contributed by atoms with Crippen molar-refractivity contribution in [2.45, 2.75) is 93.9 Å². The van der Waals surface area contributed by atoms with Crippen molar-refractivity contribution < 1.29 is 19.7 Å². The van der Waals surface area contributed by atoms with Crippen LogP contribution in [0.3, 0.4) is 0 Å². The van der Waals surface area contributed by atoms with Crippen LogP contribution in [-0.4, -0.2) is 31.1 Å². The first-order valence-electron chi connectivity index (χ1n) is 13.0. The number of nitro groups is 4. The standard InChI is InChI=1S/C28H36N6O8/c1-13-19(14(2)24(32(37)38)21(27(7,8)9)23(13)31(35)36)17(5)29-30-18(6)20-15(3)25(33(39)40)22(28(10,11)12)26(16(20)4)34(41)42/h1-12H3. The van der Waals surface area contributed by atoms with Crippen molar-refractivity contribution in [1.82, 2.24) is 0 Å². The maximum Gasteiger partial charge on any atom is 0.283 e. The summed E-state index contributed by atoms with van der Waals surface area (Å²) in [6.07, 6.45) is 0. The summed E-state index contributed by atoms with van der Waals surface area (Å²) in [6, 6.07) is 0. The second-order valence-corrected chi connectivity index (χ2v) is 12.3. The van der Waals surface area contributed by atoms with Crippen LogP contribution < -0.4 is 0 Å². The molecule has 0 radical (unpaired) electrons. The van der Waals surface area contributed by atoms with E-state index < -0.39 is 30.5 Å². The SMILES string of the molecule is CC(=NN=C(C)c1c(C)c([N+](=O)[O-])c(C(C)(C)C)c([N+](=O)[O-])c1C)c1c(C)c([N+](=O)[O-])c(C(C)(C)C)c([N+](=O)[O-])c1C. The Morgan fingerprint density at radius 1 is 0.500 bits per heavy atom. The zero-order chi connectivity index (χ0) is 32.8. The number of rotatable bonds is 7. The predicted molar refractivity (Wildman–Crippen MR) is 160 cm³/mol. The molecule has 0 heterocycles. The van der Waals surface area contributed by atoms with E-state index >= 15 is 0 Å². The first-order valence-corrected chi connectivity index (χ1v) is 13.0. The predicted octanol–water partition coefficient (Wildman–Crippen LogP) is 7.38. The highest BCUT2D eigenvalue weighted by Gasteiger charge is 2.41. The van der Waals surface area contributed by atoms with Crippen molar-refractivity contribution in [3.63, 3.8) is 0 Å². The van der Waals surface area contributed by atoms with Crippen LogP contribution in [0.4, 0.5) is 22.7 Å². The molecular formula is C28H36N6O8. The molecule has 42 heavy (non-hydrogen) atoms. The van der Waals surface area contributed by atoms with E-state index in [0.717, 1.165) is 0 Å². The third kappa shape index (κ3) is 5.87. The van der Waals surface area contributed by atoms with Gasteiger partial charge in [-0.2, -0.15) is 10.2 Å². The first kappa shape index (κ1) is 33.6. The molecule has 0 aliphatic heterocycles. The van der Waals surface area contributed by atoms with Crippen LogP contribution in [0.1, 0.15) is 99.9 Å². The molecule has 0 saturated heterocycles. The summed E-state index contributed by atoms with van der Waals surface area (Å²) in [5.41, 5.74) is -2.10. The molecule has 14 heteroatoms. The van der Waals surface area contributed by atoms with E-state index in [9.17, 15) is 40.5 Å². The molecule has 0 unspecified atom stereocenters. The fraction of sp³-hybridized carbons (Fsp3) is 0.500. The smallest absolute Gasteiger partial charge is 0.258 e. The Labute approximate surface area is 243 Å². The van der Waals surface area contributed by atoms with Gasteiger partial charge in [0.05, 0.1) is 31.1 Å². The van der Waals surface area contributed by atoms with E-state index in [0.29, 0.717) is 0 Å². The molecular weight excluding hydrogens is 548 g/mol. The zero-order valence-electron chi connectivity index (χ0n) is 25.9. The van der Waals surface area contributed by atoms with E-state index in [1.165, 1.54) is 41.5 Å². The van der Waals surface area contributed by atoms with E-state index in [1.54, 1.807) is 41.5 Å². The van der Waals surface area contributed by atoms with Crippen molar-refractivity contribution >= 4 is 34.2 Å². The molecule has 0 spiro atoms. The second-order valence-electron chi connectivity index (χ2n) is 12.3. The van der Waals surface area contributed by atoms with Crippen LogP contribution in [-0.2, 0) is 10.8 Å². The Morgan fingerprint density at radius 2 is 0.690 bits per heavy atom. The molecule has 14 nitrogen and oxygen atoms in total. The molecule has 2 aromatic carbocycles. The highest BCUT2D eigenvalue weighted by atomic mass is 16.6. The average molecular weight is 585 g/mol. The molecule has 0 aliphatic carbocycles. The molecule has 226 valence electrons. The lowest BCUT2D eigenvalue weighted by Gasteiger charge is -2.23. The van der Waals surface area contributed by atoms with Crippen molar-refractivity contribution in [2.24, 2.45) is 10.2 Å². The van der Waals surface area contributed by atoms with Gasteiger partial charge in [0.1, 0.15) is 11.1 Å². The summed E-state index contributed by atoms with van der Waals surface area (Å²) in [7, 11) is 0. The molecule has 0 aromatic heterocycles. The zero-order valence-corrected chi connectivity index (χ0v) is 25.9. The monoisotopic (exact) mass is 584 g/mol. The number of hydrogen-bond donors (Lipinski definition) is 0. The Hall–Kier alpha value is -4.62. The summed E-state index contributed by atoms with van der Waals surface area (Å²) < 4.78 is 0. The van der Waals surface area contributed by atoms with Gasteiger partial charge in [0.15, 0.2) is 0 Å². The minimum atomic E-state index is -0.920. The van der Waals surface area contributed by atoms with Crippen LogP contribution in [0.15, 0.2) is 10.2 Å². The Balaban J connectivity index is 3.01. The summed E-state index contributed by atoms with van der Waals surface area (Å²) >= 11 is 0. The molecule has 0 bridgehead atoms. The molecule has 0 N–H and O–H groups in total. The lowest BCUT2D eigenvalue weighted by Crippen LogP contribution is -2.21. The topological polar surface area (TPSA) is 197 Å². The Kier molecular flexibility index (Phi) is 9.07. The Morgan fingerprint density at radius 3 is 0.833 bits per heavy atom. The normalized spacial score (nSPS) is 12.9. The van der Waals surface area contributed by atoms with Gasteiger partial charge in [0.2, 0.25) is 0 Å². The largest absolute Gasteiger partial charge is 0.283 e. The molecule has 0 fully saturated rings. The van der Waals surface area contributed by atoms with Gasteiger partial charge in [-0.15, -0.1) is 0 Å². The average Bonchev–Trinajstić information content (AvgIpc) is 2.79. The lowest BCUT2D eigenvalue weighted by molar-refractivity contribution is -0.397. The third-order valence-corrected chi connectivity index (χ3v) is 7.17. The lowest BCUT2D eigenvalue weighted by atomic mass is 9.79. The molecule has 0 amide bonds. The van der Waals surface area contributed by atoms with Crippen molar-refractivity contribution in [1.29, 1.82) is 0 Å². The molecule has 0 saturated carbocycles. The van der Waals surface area contributed by atoms with Gasteiger partial charge in [-0.1, -0.05) is 41.5 Å². The van der Waals surface area contributed by atoms with Crippen molar-refractivity contribution in [3.8, 4) is 0 Å². The maximum absolute atomic E-state index is 12.2. The van der Waals surface area contributed by atoms with Crippen LogP contribution >= 0.6 is 0 Å². The van der Waals surface area contributed by atoms with Gasteiger partial charge < -0.3 is 0 Å². The highest BCUT2D eigenvalue weighted by Crippen LogP contribution is 2.46. The summed E-state index contributed by atoms with van der Waals surface area (Å²) in [4.78, 5) is 46.0. The third-order valence-electron chi connectivity index (χ3n) is 7.17. The summed E-state index contributed by atoms with van der Waals surface area (Å²) in [5, 5.41) is 57.0. The molecule has 2 rings (SSSR count). The van der Waals surface area contributed by atoms with Crippen LogP contribution in [0, 0.1) is 68.2 Å². The summed E-state index contributed by atoms with van der Waals surface area (Å²) in [6.45, 7) is 18.9. The van der Waals surface area contributed by atoms with Crippen molar-refractivity contribution in [2.75, 3.05) is 0 Å². The number of benzene rings is 2. The van der Waals surface area contributed by atoms with E-state index in [4.69, 9.17) is 0 Å². The molecule has 2 aromatic rings. The van der Waals surface area contributed by atoms with E-state index in [2.05, 4.69) is 10.2 Å². The number of hydrogen-bond acceptors (Lipinski definition) is 10. The molecule has 0 atom stereocenters. The molecule has 0 aliphatic rings. The van der Waals surface area contributed by atoms with Gasteiger partial charge in [-0.05, 0) is 41.5 Å². The van der Waals surface area contributed by atoms with E-state index in [-0.39, 0.29) is 78.7 Å². The minimum Gasteiger partial charge on any atom is -0.258 e. The van der Waals surface area contributed by atoms with Crippen LogP contribution in [0.25, 0.3) is 0 Å². The fourth-order valence-electron chi connectivity index (χ4n) is 5.68. The fourth-order valence-corrected chi connectivity index (χ4v) is 5.68. The van der Waals surface area contributed by atoms with E-state index in [1.807, 2.05) is 0 Å². The van der Waals surface area contributed by atoms with Gasteiger partial charge in [-0.25, -0.2) is 0 Å². The Bertz CT molecular complexity index is 1410. The number of nitrogens with zero attached hydrogens (tertiary/aromatic N) is 6. The maximum atomic E-state index is 12.2. The van der Waals surface area contributed by atoms with Gasteiger partial charge in [0, 0.05) is 44.2 Å². The first-order chi connectivity index (χ1) is 19.0. The van der Waals surface area contributed by atoms with Gasteiger partial charge in [-0.3, -0.25) is 40.5 Å². The van der Waals surface area contributed by atoms with Crippen LogP contribution in [0.2, 0.25) is 0 Å². The van der Waals surface area contributed by atoms with Gasteiger partial charge in [0.25, 0.3) is 22.7 Å². The summed E-state index contributed by atoms with van der Waals surface area (Å²) in [5.74, 6) is 0.